The molecule has 2 atom stereocenters. The van der Waals surface area contributed by atoms with Crippen LogP contribution in [0.5, 0.6) is 0 Å². The lowest BCUT2D eigenvalue weighted by Crippen LogP contribution is -2.41. The van der Waals surface area contributed by atoms with Crippen LogP contribution in [-0.4, -0.2) is 25.3 Å². The van der Waals surface area contributed by atoms with Crippen molar-refractivity contribution in [2.75, 3.05) is 7.11 Å². The van der Waals surface area contributed by atoms with Crippen molar-refractivity contribution in [1.82, 2.24) is 0 Å². The second-order valence-corrected chi connectivity index (χ2v) is 2.83. The van der Waals surface area contributed by atoms with Crippen LogP contribution in [0.15, 0.2) is 0 Å². The van der Waals surface area contributed by atoms with E-state index in [4.69, 9.17) is 5.73 Å². The molecular formula is C7H12FNO2. The van der Waals surface area contributed by atoms with Gasteiger partial charge in [-0.2, -0.15) is 0 Å². The summed E-state index contributed by atoms with van der Waals surface area (Å²) < 4.78 is 17.3. The van der Waals surface area contributed by atoms with Crippen LogP contribution < -0.4 is 5.73 Å². The molecule has 64 valence electrons. The summed E-state index contributed by atoms with van der Waals surface area (Å²) in [5.74, 6) is -0.673. The number of ether oxygens (including phenoxy) is 1. The Balaban J connectivity index is 2.38. The number of halogens is 1. The topological polar surface area (TPSA) is 52.3 Å². The summed E-state index contributed by atoms with van der Waals surface area (Å²) in [7, 11) is 1.21. The van der Waals surface area contributed by atoms with Crippen molar-refractivity contribution in [3.63, 3.8) is 0 Å². The molecule has 2 unspecified atom stereocenters. The molecule has 3 nitrogen and oxygen atoms in total. The van der Waals surface area contributed by atoms with Gasteiger partial charge in [-0.15, -0.1) is 0 Å². The van der Waals surface area contributed by atoms with Crippen LogP contribution in [0.2, 0.25) is 0 Å². The van der Waals surface area contributed by atoms with Gasteiger partial charge in [0.2, 0.25) is 0 Å². The summed E-state index contributed by atoms with van der Waals surface area (Å²) in [6.45, 7) is 0. The highest BCUT2D eigenvalue weighted by Crippen LogP contribution is 2.35. The molecule has 0 heterocycles. The quantitative estimate of drug-likeness (QED) is 0.603. The van der Waals surface area contributed by atoms with Crippen LogP contribution in [-0.2, 0) is 9.53 Å². The predicted octanol–water partition coefficient (Wildman–Crippen LogP) is 0.235. The minimum Gasteiger partial charge on any atom is -0.468 e. The Morgan fingerprint density at radius 2 is 2.27 bits per heavy atom. The van der Waals surface area contributed by atoms with Gasteiger partial charge in [-0.05, 0) is 18.8 Å². The molecule has 1 aliphatic carbocycles. The van der Waals surface area contributed by atoms with Gasteiger partial charge in [-0.3, -0.25) is 4.79 Å². The minimum atomic E-state index is -1.22. The number of nitrogens with two attached hydrogens (primary N) is 1. The number of rotatable bonds is 3. The van der Waals surface area contributed by atoms with Crippen molar-refractivity contribution < 1.29 is 13.9 Å². The molecule has 11 heavy (non-hydrogen) atoms. The maximum absolute atomic E-state index is 13.0. The van der Waals surface area contributed by atoms with Crippen molar-refractivity contribution in [2.24, 2.45) is 11.7 Å². The van der Waals surface area contributed by atoms with E-state index in [1.165, 1.54) is 7.11 Å². The molecule has 0 radical (unpaired) electrons. The molecule has 1 fully saturated rings. The zero-order valence-corrected chi connectivity index (χ0v) is 6.42. The highest BCUT2D eigenvalue weighted by Gasteiger charge is 2.38. The van der Waals surface area contributed by atoms with Gasteiger partial charge in [0.15, 0.2) is 0 Å². The minimum absolute atomic E-state index is 0.0101. The lowest BCUT2D eigenvalue weighted by molar-refractivity contribution is -0.144. The number of methoxy groups -OCH3 is 1. The summed E-state index contributed by atoms with van der Waals surface area (Å²) in [6.07, 6.45) is 0.458. The maximum atomic E-state index is 13.0. The lowest BCUT2D eigenvalue weighted by Gasteiger charge is -2.12. The second kappa shape index (κ2) is 3.17. The molecule has 0 aromatic heterocycles. The summed E-state index contributed by atoms with van der Waals surface area (Å²) in [5.41, 5.74) is 5.26. The van der Waals surface area contributed by atoms with E-state index in [0.717, 1.165) is 12.8 Å². The zero-order valence-electron chi connectivity index (χ0n) is 6.42. The Kier molecular flexibility index (Phi) is 2.44. The average molecular weight is 161 g/mol. The number of carbonyl (C=O) groups is 1. The van der Waals surface area contributed by atoms with Gasteiger partial charge in [-0.25, -0.2) is 4.39 Å². The molecule has 0 saturated heterocycles. The van der Waals surface area contributed by atoms with Gasteiger partial charge in [0.05, 0.1) is 7.11 Å². The first-order valence-corrected chi connectivity index (χ1v) is 3.64. The third-order valence-electron chi connectivity index (χ3n) is 1.89. The Labute approximate surface area is 64.7 Å². The van der Waals surface area contributed by atoms with Crippen LogP contribution in [0.4, 0.5) is 4.39 Å². The van der Waals surface area contributed by atoms with Crippen molar-refractivity contribution in [3.8, 4) is 0 Å². The largest absolute Gasteiger partial charge is 0.468 e. The summed E-state index contributed by atoms with van der Waals surface area (Å²) in [6, 6.07) is -1.09. The van der Waals surface area contributed by atoms with Crippen LogP contribution in [0.25, 0.3) is 0 Å². The Bertz CT molecular complexity index is 159. The second-order valence-electron chi connectivity index (χ2n) is 2.83. The highest BCUT2D eigenvalue weighted by molar-refractivity contribution is 5.76. The third-order valence-corrected chi connectivity index (χ3v) is 1.89. The van der Waals surface area contributed by atoms with Crippen LogP contribution >= 0.6 is 0 Å². The van der Waals surface area contributed by atoms with Gasteiger partial charge >= 0.3 is 5.97 Å². The van der Waals surface area contributed by atoms with Crippen molar-refractivity contribution in [1.29, 1.82) is 0 Å². The first-order valence-electron chi connectivity index (χ1n) is 3.64. The molecule has 1 rings (SSSR count). The van der Waals surface area contributed by atoms with E-state index >= 15 is 0 Å². The van der Waals surface area contributed by atoms with Crippen LogP contribution in [0.1, 0.15) is 12.8 Å². The van der Waals surface area contributed by atoms with Gasteiger partial charge in [0.1, 0.15) is 12.2 Å². The molecule has 4 heteroatoms. The van der Waals surface area contributed by atoms with Crippen LogP contribution in [0, 0.1) is 5.92 Å². The standard InChI is InChI=1S/C7H12FNO2/c1-11-7(10)6(9)5(8)4-2-3-4/h4-6H,2-3,9H2,1H3. The van der Waals surface area contributed by atoms with Gasteiger partial charge < -0.3 is 10.5 Å². The number of alkyl halides is 1. The molecule has 0 aliphatic heterocycles. The Morgan fingerprint density at radius 3 is 2.64 bits per heavy atom. The number of hydrogen-bond donors (Lipinski definition) is 1. The maximum Gasteiger partial charge on any atom is 0.325 e. The molecule has 2 N–H and O–H groups in total. The SMILES string of the molecule is COC(=O)C(N)C(F)C1CC1. The molecule has 0 spiro atoms. The Morgan fingerprint density at radius 1 is 1.73 bits per heavy atom. The first kappa shape index (κ1) is 8.46. The summed E-state index contributed by atoms with van der Waals surface area (Å²) in [5, 5.41) is 0. The smallest absolute Gasteiger partial charge is 0.325 e. The van der Waals surface area contributed by atoms with E-state index in [9.17, 15) is 9.18 Å². The normalized spacial score (nSPS) is 22.5. The Hall–Kier alpha value is -0.640. The molecule has 0 amide bonds. The molecular weight excluding hydrogens is 149 g/mol. The highest BCUT2D eigenvalue weighted by atomic mass is 19.1. The monoisotopic (exact) mass is 161 g/mol. The number of hydrogen-bond acceptors (Lipinski definition) is 3. The van der Waals surface area contributed by atoms with E-state index in [1.54, 1.807) is 0 Å². The fourth-order valence-corrected chi connectivity index (χ4v) is 0.974. The fraction of sp³-hybridized carbons (Fsp3) is 0.857. The van der Waals surface area contributed by atoms with E-state index in [-0.39, 0.29) is 5.92 Å². The first-order chi connectivity index (χ1) is 5.16. The number of carbonyl (C=O) groups excluding carboxylic acids is 1. The van der Waals surface area contributed by atoms with Crippen LogP contribution in [0.3, 0.4) is 0 Å². The van der Waals surface area contributed by atoms with Gasteiger partial charge in [0.25, 0.3) is 0 Å². The summed E-state index contributed by atoms with van der Waals surface area (Å²) >= 11 is 0. The third kappa shape index (κ3) is 1.89. The van der Waals surface area contributed by atoms with Crippen molar-refractivity contribution in [2.45, 2.75) is 25.1 Å². The number of esters is 1. The molecule has 0 bridgehead atoms. The predicted molar refractivity (Wildman–Crippen MR) is 37.6 cm³/mol. The molecule has 1 aliphatic rings. The lowest BCUT2D eigenvalue weighted by atomic mass is 10.1. The fourth-order valence-electron chi connectivity index (χ4n) is 0.974. The van der Waals surface area contributed by atoms with Gasteiger partial charge in [0, 0.05) is 0 Å². The van der Waals surface area contributed by atoms with E-state index in [0.29, 0.717) is 0 Å². The summed E-state index contributed by atoms with van der Waals surface area (Å²) in [4.78, 5) is 10.7. The van der Waals surface area contributed by atoms with E-state index in [2.05, 4.69) is 4.74 Å². The van der Waals surface area contributed by atoms with Gasteiger partial charge in [-0.1, -0.05) is 0 Å². The van der Waals surface area contributed by atoms with E-state index < -0.39 is 18.2 Å². The zero-order chi connectivity index (χ0) is 8.43. The molecule has 1 saturated carbocycles. The van der Waals surface area contributed by atoms with Crippen molar-refractivity contribution in [3.05, 3.63) is 0 Å². The molecule has 0 aromatic rings. The average Bonchev–Trinajstić information content (AvgIpc) is 2.82. The van der Waals surface area contributed by atoms with Crippen molar-refractivity contribution >= 4 is 5.97 Å². The molecule has 0 aromatic carbocycles. The van der Waals surface area contributed by atoms with E-state index in [1.807, 2.05) is 0 Å².